The quantitative estimate of drug-likeness (QED) is 0.698. The summed E-state index contributed by atoms with van der Waals surface area (Å²) in [5.41, 5.74) is 7.15. The van der Waals surface area contributed by atoms with E-state index in [0.717, 1.165) is 30.4 Å². The average molecular weight is 193 g/mol. The predicted octanol–water partition coefficient (Wildman–Crippen LogP) is 2.21. The molecular formula is C12H19NO. The summed E-state index contributed by atoms with van der Waals surface area (Å²) in [6, 6.07) is 0. The first-order valence-corrected chi connectivity index (χ1v) is 5.10. The van der Waals surface area contributed by atoms with Crippen LogP contribution in [0, 0.1) is 5.41 Å². The van der Waals surface area contributed by atoms with Crippen LogP contribution in [-0.4, -0.2) is 12.3 Å². The highest BCUT2D eigenvalue weighted by atomic mass is 16.1. The minimum Gasteiger partial charge on any atom is -0.330 e. The molecule has 0 aromatic carbocycles. The molecule has 78 valence electrons. The lowest BCUT2D eigenvalue weighted by molar-refractivity contribution is -0.113. The maximum Gasteiger partial charge on any atom is 0.184 e. The van der Waals surface area contributed by atoms with Gasteiger partial charge >= 0.3 is 0 Å². The van der Waals surface area contributed by atoms with Crippen LogP contribution in [0.3, 0.4) is 0 Å². The summed E-state index contributed by atoms with van der Waals surface area (Å²) in [7, 11) is 0. The van der Waals surface area contributed by atoms with Crippen LogP contribution in [-0.2, 0) is 4.79 Å². The van der Waals surface area contributed by atoms with Gasteiger partial charge in [-0.3, -0.25) is 4.79 Å². The van der Waals surface area contributed by atoms with E-state index in [0.29, 0.717) is 6.54 Å². The van der Waals surface area contributed by atoms with Gasteiger partial charge in [-0.05, 0) is 42.4 Å². The van der Waals surface area contributed by atoms with E-state index in [4.69, 9.17) is 5.73 Å². The molecule has 0 bridgehead atoms. The van der Waals surface area contributed by atoms with E-state index in [9.17, 15) is 4.79 Å². The predicted molar refractivity (Wildman–Crippen MR) is 58.9 cm³/mol. The maximum absolute atomic E-state index is 11.7. The number of hydrogen-bond donors (Lipinski definition) is 1. The van der Waals surface area contributed by atoms with E-state index in [1.807, 2.05) is 0 Å². The molecule has 1 rings (SSSR count). The summed E-state index contributed by atoms with van der Waals surface area (Å²) < 4.78 is 0. The Morgan fingerprint density at radius 3 is 2.79 bits per heavy atom. The highest BCUT2D eigenvalue weighted by Gasteiger charge is 2.28. The lowest BCUT2D eigenvalue weighted by Gasteiger charge is -2.28. The van der Waals surface area contributed by atoms with E-state index < -0.39 is 0 Å². The van der Waals surface area contributed by atoms with Gasteiger partial charge in [0.1, 0.15) is 0 Å². The molecule has 0 fully saturated rings. The Hall–Kier alpha value is -0.890. The number of nitrogens with two attached hydrogens (primary N) is 1. The Bertz CT molecular complexity index is 287. The number of carbonyl (C=O) groups excluding carboxylic acids is 1. The van der Waals surface area contributed by atoms with Gasteiger partial charge in [-0.1, -0.05) is 26.5 Å². The molecular weight excluding hydrogens is 174 g/mol. The van der Waals surface area contributed by atoms with E-state index >= 15 is 0 Å². The molecule has 0 atom stereocenters. The molecule has 2 N–H and O–H groups in total. The topological polar surface area (TPSA) is 43.1 Å². The van der Waals surface area contributed by atoms with Gasteiger partial charge in [0.05, 0.1) is 0 Å². The highest BCUT2D eigenvalue weighted by Crippen LogP contribution is 2.35. The van der Waals surface area contributed by atoms with Gasteiger partial charge in [0.15, 0.2) is 5.78 Å². The number of ketones is 1. The fraction of sp³-hybridized carbons (Fsp3) is 0.583. The first kappa shape index (κ1) is 11.2. The molecule has 0 unspecified atom stereocenters. The Morgan fingerprint density at radius 1 is 1.57 bits per heavy atom. The van der Waals surface area contributed by atoms with Gasteiger partial charge in [-0.15, -0.1) is 0 Å². The minimum atomic E-state index is 0.0783. The third-order valence-corrected chi connectivity index (χ3v) is 2.50. The molecule has 0 saturated heterocycles. The van der Waals surface area contributed by atoms with E-state index in [1.165, 1.54) is 0 Å². The highest BCUT2D eigenvalue weighted by molar-refractivity contribution is 6.08. The molecule has 0 spiro atoms. The van der Waals surface area contributed by atoms with Crippen molar-refractivity contribution < 1.29 is 4.79 Å². The van der Waals surface area contributed by atoms with Crippen molar-refractivity contribution >= 4 is 5.78 Å². The summed E-state index contributed by atoms with van der Waals surface area (Å²) in [5, 5.41) is 0. The summed E-state index contributed by atoms with van der Waals surface area (Å²) >= 11 is 0. The lowest BCUT2D eigenvalue weighted by Crippen LogP contribution is -2.22. The van der Waals surface area contributed by atoms with Gasteiger partial charge in [-0.2, -0.15) is 0 Å². The zero-order valence-electron chi connectivity index (χ0n) is 9.10. The van der Waals surface area contributed by atoms with E-state index in [2.05, 4.69) is 26.5 Å². The molecule has 1 aliphatic rings. The van der Waals surface area contributed by atoms with Gasteiger partial charge < -0.3 is 5.73 Å². The third kappa shape index (κ3) is 2.55. The maximum atomic E-state index is 11.7. The molecule has 2 nitrogen and oxygen atoms in total. The van der Waals surface area contributed by atoms with Crippen molar-refractivity contribution in [3.63, 3.8) is 0 Å². The zero-order chi connectivity index (χ0) is 10.8. The van der Waals surface area contributed by atoms with Crippen molar-refractivity contribution in [1.82, 2.24) is 0 Å². The second kappa shape index (κ2) is 4.09. The molecule has 0 saturated carbocycles. The first-order chi connectivity index (χ1) is 6.46. The monoisotopic (exact) mass is 193 g/mol. The van der Waals surface area contributed by atoms with Crippen LogP contribution in [0.15, 0.2) is 23.8 Å². The molecule has 2 heteroatoms. The smallest absolute Gasteiger partial charge is 0.184 e. The minimum absolute atomic E-state index is 0.0783. The van der Waals surface area contributed by atoms with Crippen LogP contribution >= 0.6 is 0 Å². The second-order valence-electron chi connectivity index (χ2n) is 4.66. The molecule has 0 aromatic heterocycles. The molecule has 14 heavy (non-hydrogen) atoms. The van der Waals surface area contributed by atoms with Crippen LogP contribution in [0.1, 0.15) is 33.1 Å². The summed E-state index contributed by atoms with van der Waals surface area (Å²) in [6.45, 7) is 8.73. The molecule has 1 aliphatic carbocycles. The summed E-state index contributed by atoms with van der Waals surface area (Å²) in [5.74, 6) is 0.137. The average Bonchev–Trinajstić information content (AvgIpc) is 2.08. The van der Waals surface area contributed by atoms with Gasteiger partial charge in [0.25, 0.3) is 0 Å². The zero-order valence-corrected chi connectivity index (χ0v) is 9.10. The Balaban J connectivity index is 2.83. The summed E-state index contributed by atoms with van der Waals surface area (Å²) in [4.78, 5) is 11.7. The van der Waals surface area contributed by atoms with Crippen LogP contribution in [0.25, 0.3) is 0 Å². The fourth-order valence-electron chi connectivity index (χ4n) is 1.92. The second-order valence-corrected chi connectivity index (χ2v) is 4.66. The van der Waals surface area contributed by atoms with Crippen molar-refractivity contribution in [1.29, 1.82) is 0 Å². The van der Waals surface area contributed by atoms with Crippen molar-refractivity contribution in [3.05, 3.63) is 23.8 Å². The number of carbonyl (C=O) groups is 1. The van der Waals surface area contributed by atoms with Crippen molar-refractivity contribution in [3.8, 4) is 0 Å². The van der Waals surface area contributed by atoms with Crippen molar-refractivity contribution in [2.75, 3.05) is 6.54 Å². The van der Waals surface area contributed by atoms with Crippen LogP contribution in [0.5, 0.6) is 0 Å². The standard InChI is InChI=1S/C12H19NO/c1-9-7-12(2,3)8-10(11(9)14)5-4-6-13/h8H,1,4-7,13H2,2-3H3. The lowest BCUT2D eigenvalue weighted by atomic mass is 9.76. The van der Waals surface area contributed by atoms with Crippen LogP contribution < -0.4 is 5.73 Å². The third-order valence-electron chi connectivity index (χ3n) is 2.50. The van der Waals surface area contributed by atoms with Gasteiger partial charge in [0.2, 0.25) is 0 Å². The van der Waals surface area contributed by atoms with Crippen LogP contribution in [0.4, 0.5) is 0 Å². The number of hydrogen-bond acceptors (Lipinski definition) is 2. The first-order valence-electron chi connectivity index (χ1n) is 5.10. The van der Waals surface area contributed by atoms with E-state index in [-0.39, 0.29) is 11.2 Å². The molecule has 0 aromatic rings. The Labute approximate surface area is 85.9 Å². The van der Waals surface area contributed by atoms with Crippen molar-refractivity contribution in [2.45, 2.75) is 33.1 Å². The van der Waals surface area contributed by atoms with Gasteiger partial charge in [-0.25, -0.2) is 0 Å². The number of allylic oxidation sites excluding steroid dienone is 3. The molecule has 0 radical (unpaired) electrons. The largest absolute Gasteiger partial charge is 0.330 e. The molecule has 0 aliphatic heterocycles. The Morgan fingerprint density at radius 2 is 2.21 bits per heavy atom. The van der Waals surface area contributed by atoms with Crippen LogP contribution in [0.2, 0.25) is 0 Å². The van der Waals surface area contributed by atoms with E-state index in [1.54, 1.807) is 0 Å². The number of Topliss-reactive ketones (excluding diaryl/α,β-unsaturated/α-hetero) is 1. The normalized spacial score (nSPS) is 20.9. The van der Waals surface area contributed by atoms with Crippen molar-refractivity contribution in [2.24, 2.45) is 11.1 Å². The number of rotatable bonds is 3. The Kier molecular flexibility index (Phi) is 3.27. The molecule has 0 amide bonds. The van der Waals surface area contributed by atoms with Gasteiger partial charge in [0, 0.05) is 0 Å². The molecule has 0 heterocycles. The fourth-order valence-corrected chi connectivity index (χ4v) is 1.92. The summed E-state index contributed by atoms with van der Waals surface area (Å²) in [6.07, 6.45) is 4.52. The SMILES string of the molecule is C=C1CC(C)(C)C=C(CCCN)C1=O.